The van der Waals surface area contributed by atoms with Gasteiger partial charge in [-0.1, -0.05) is 31.4 Å². The zero-order valence-electron chi connectivity index (χ0n) is 17.9. The lowest BCUT2D eigenvalue weighted by Crippen LogP contribution is -3.19. The molecule has 1 aromatic carbocycles. The summed E-state index contributed by atoms with van der Waals surface area (Å²) in [5.41, 5.74) is 3.40. The highest BCUT2D eigenvalue weighted by Gasteiger charge is 2.42. The third kappa shape index (κ3) is 3.89. The Hall–Kier alpha value is -2.06. The standard InChI is InChI=1S/C23H34N4O/c1-18-9-8-10-21(19(18)2)27-15-13-26(14-16-27)20(3)22(28)25(4)23(17-24)11-6-5-7-12-23/h8-10,20H,5-7,11-16H2,1-4H3/p+1/t20-/m0/s1. The van der Waals surface area contributed by atoms with Crippen LogP contribution in [-0.4, -0.2) is 55.6 Å². The lowest BCUT2D eigenvalue weighted by Gasteiger charge is -2.42. The number of nitrogens with one attached hydrogen (secondary N) is 1. The summed E-state index contributed by atoms with van der Waals surface area (Å²) in [5.74, 6) is 0.124. The third-order valence-corrected chi connectivity index (χ3v) is 7.17. The lowest BCUT2D eigenvalue weighted by molar-refractivity contribution is -0.915. The average Bonchev–Trinajstić information content (AvgIpc) is 2.74. The monoisotopic (exact) mass is 383 g/mol. The van der Waals surface area contributed by atoms with E-state index in [4.69, 9.17) is 0 Å². The van der Waals surface area contributed by atoms with Gasteiger partial charge in [0.05, 0.1) is 32.2 Å². The molecule has 5 heteroatoms. The van der Waals surface area contributed by atoms with Gasteiger partial charge in [0.25, 0.3) is 5.91 Å². The summed E-state index contributed by atoms with van der Waals surface area (Å²) >= 11 is 0. The number of amides is 1. The molecule has 1 saturated carbocycles. The molecule has 28 heavy (non-hydrogen) atoms. The van der Waals surface area contributed by atoms with Crippen molar-refractivity contribution in [3.05, 3.63) is 29.3 Å². The van der Waals surface area contributed by atoms with Gasteiger partial charge < -0.3 is 14.7 Å². The highest BCUT2D eigenvalue weighted by atomic mass is 16.2. The number of anilines is 1. The van der Waals surface area contributed by atoms with Crippen LogP contribution in [0.5, 0.6) is 0 Å². The van der Waals surface area contributed by atoms with E-state index in [9.17, 15) is 10.1 Å². The molecule has 0 bridgehead atoms. The quantitative estimate of drug-likeness (QED) is 0.866. The molecule has 1 aromatic rings. The zero-order valence-corrected chi connectivity index (χ0v) is 17.9. The van der Waals surface area contributed by atoms with E-state index in [1.54, 1.807) is 4.90 Å². The van der Waals surface area contributed by atoms with Gasteiger partial charge in [0.2, 0.25) is 0 Å². The van der Waals surface area contributed by atoms with E-state index < -0.39 is 5.54 Å². The Morgan fingerprint density at radius 1 is 1.21 bits per heavy atom. The normalized spacial score (nSPS) is 21.0. The van der Waals surface area contributed by atoms with E-state index in [1.165, 1.54) is 28.1 Å². The molecule has 1 amide bonds. The predicted octanol–water partition coefficient (Wildman–Crippen LogP) is 2.08. The molecule has 3 rings (SSSR count). The van der Waals surface area contributed by atoms with Crippen LogP contribution < -0.4 is 9.80 Å². The van der Waals surface area contributed by atoms with Crippen molar-refractivity contribution >= 4 is 11.6 Å². The van der Waals surface area contributed by atoms with Crippen molar-refractivity contribution in [1.82, 2.24) is 4.90 Å². The SMILES string of the molecule is Cc1cccc(N2CC[NH+]([C@@H](C)C(=O)N(C)C3(C#N)CCCCC3)CC2)c1C. The number of carbonyl (C=O) groups excluding carboxylic acids is 1. The van der Waals surface area contributed by atoms with Crippen LogP contribution in [0.1, 0.15) is 50.2 Å². The predicted molar refractivity (Wildman–Crippen MR) is 112 cm³/mol. The smallest absolute Gasteiger partial charge is 0.281 e. The minimum Gasteiger partial charge on any atom is -0.360 e. The Labute approximate surface area is 169 Å². The van der Waals surface area contributed by atoms with Gasteiger partial charge in [0.1, 0.15) is 5.54 Å². The van der Waals surface area contributed by atoms with Crippen molar-refractivity contribution in [2.24, 2.45) is 0 Å². The molecule has 0 spiro atoms. The van der Waals surface area contributed by atoms with Crippen LogP contribution in [0.4, 0.5) is 5.69 Å². The molecule has 1 saturated heterocycles. The Morgan fingerprint density at radius 2 is 1.86 bits per heavy atom. The van der Waals surface area contributed by atoms with Gasteiger partial charge in [-0.05, 0) is 50.8 Å². The summed E-state index contributed by atoms with van der Waals surface area (Å²) in [6.45, 7) is 10.2. The number of piperazine rings is 1. The first kappa shape index (κ1) is 20.7. The van der Waals surface area contributed by atoms with Crippen molar-refractivity contribution in [2.75, 3.05) is 38.1 Å². The molecule has 0 unspecified atom stereocenters. The maximum Gasteiger partial charge on any atom is 0.281 e. The second kappa shape index (κ2) is 8.53. The van der Waals surface area contributed by atoms with Crippen LogP contribution in [0.25, 0.3) is 0 Å². The number of quaternary nitrogens is 1. The van der Waals surface area contributed by atoms with Crippen LogP contribution >= 0.6 is 0 Å². The van der Waals surface area contributed by atoms with Crippen LogP contribution in [-0.2, 0) is 4.79 Å². The fraction of sp³-hybridized carbons (Fsp3) is 0.652. The highest BCUT2D eigenvalue weighted by Crippen LogP contribution is 2.32. The van der Waals surface area contributed by atoms with Crippen molar-refractivity contribution in [2.45, 2.75) is 64.5 Å². The number of nitriles is 1. The first-order valence-electron chi connectivity index (χ1n) is 10.7. The molecular formula is C23H35N4O+. The molecule has 2 fully saturated rings. The number of rotatable bonds is 4. The van der Waals surface area contributed by atoms with E-state index in [0.29, 0.717) is 0 Å². The van der Waals surface area contributed by atoms with Crippen LogP contribution in [0, 0.1) is 25.2 Å². The van der Waals surface area contributed by atoms with E-state index in [2.05, 4.69) is 43.0 Å². The number of benzene rings is 1. The molecule has 0 aromatic heterocycles. The molecule has 152 valence electrons. The maximum atomic E-state index is 13.2. The van der Waals surface area contributed by atoms with Gasteiger partial charge in [0.15, 0.2) is 6.04 Å². The average molecular weight is 384 g/mol. The molecule has 1 aliphatic carbocycles. The molecule has 1 heterocycles. The Bertz CT molecular complexity index is 739. The maximum absolute atomic E-state index is 13.2. The van der Waals surface area contributed by atoms with Gasteiger partial charge in [-0.15, -0.1) is 0 Å². The van der Waals surface area contributed by atoms with Crippen molar-refractivity contribution in [3.8, 4) is 6.07 Å². The second-order valence-corrected chi connectivity index (χ2v) is 8.69. The minimum absolute atomic E-state index is 0.0992. The van der Waals surface area contributed by atoms with Gasteiger partial charge >= 0.3 is 0 Å². The van der Waals surface area contributed by atoms with Crippen LogP contribution in [0.3, 0.4) is 0 Å². The Balaban J connectivity index is 1.63. The van der Waals surface area contributed by atoms with Crippen molar-refractivity contribution in [3.63, 3.8) is 0 Å². The Kier molecular flexibility index (Phi) is 6.30. The largest absolute Gasteiger partial charge is 0.360 e. The third-order valence-electron chi connectivity index (χ3n) is 7.17. The van der Waals surface area contributed by atoms with E-state index in [-0.39, 0.29) is 11.9 Å². The molecule has 1 aliphatic heterocycles. The van der Waals surface area contributed by atoms with Gasteiger partial charge in [-0.25, -0.2) is 0 Å². The number of aryl methyl sites for hydroxylation is 1. The van der Waals surface area contributed by atoms with E-state index in [0.717, 1.165) is 51.9 Å². The molecule has 2 aliphatic rings. The lowest BCUT2D eigenvalue weighted by atomic mass is 9.81. The molecule has 1 atom stereocenters. The van der Waals surface area contributed by atoms with Crippen LogP contribution in [0.2, 0.25) is 0 Å². The summed E-state index contributed by atoms with van der Waals surface area (Å²) in [7, 11) is 1.85. The van der Waals surface area contributed by atoms with E-state index >= 15 is 0 Å². The summed E-state index contributed by atoms with van der Waals surface area (Å²) in [4.78, 5) is 18.8. The molecular weight excluding hydrogens is 348 g/mol. The topological polar surface area (TPSA) is 51.8 Å². The fourth-order valence-corrected chi connectivity index (χ4v) is 4.88. The summed E-state index contributed by atoms with van der Waals surface area (Å²) in [5, 5.41) is 9.80. The van der Waals surface area contributed by atoms with Gasteiger partial charge in [0, 0.05) is 12.7 Å². The first-order valence-corrected chi connectivity index (χ1v) is 10.7. The summed E-state index contributed by atoms with van der Waals surface area (Å²) < 4.78 is 0. The fourth-order valence-electron chi connectivity index (χ4n) is 4.88. The Morgan fingerprint density at radius 3 is 2.46 bits per heavy atom. The van der Waals surface area contributed by atoms with Crippen LogP contribution in [0.15, 0.2) is 18.2 Å². The van der Waals surface area contributed by atoms with Crippen molar-refractivity contribution in [1.29, 1.82) is 5.26 Å². The zero-order chi connectivity index (χ0) is 20.3. The van der Waals surface area contributed by atoms with Crippen molar-refractivity contribution < 1.29 is 9.69 Å². The van der Waals surface area contributed by atoms with Gasteiger partial charge in [-0.3, -0.25) is 4.79 Å². The summed E-state index contributed by atoms with van der Waals surface area (Å²) in [6.07, 6.45) is 4.89. The number of nitrogens with zero attached hydrogens (tertiary/aromatic N) is 3. The first-order chi connectivity index (χ1) is 13.4. The number of carbonyl (C=O) groups is 1. The number of likely N-dealkylation sites (N-methyl/N-ethyl adjacent to an activating group) is 1. The molecule has 0 radical (unpaired) electrons. The number of hydrogen-bond donors (Lipinski definition) is 1. The summed E-state index contributed by atoms with van der Waals surface area (Å²) in [6, 6.07) is 8.88. The molecule has 5 nitrogen and oxygen atoms in total. The number of hydrogen-bond acceptors (Lipinski definition) is 3. The van der Waals surface area contributed by atoms with E-state index in [1.807, 2.05) is 14.0 Å². The van der Waals surface area contributed by atoms with Gasteiger partial charge in [-0.2, -0.15) is 5.26 Å². The molecule has 1 N–H and O–H groups in total. The second-order valence-electron chi connectivity index (χ2n) is 8.69. The minimum atomic E-state index is -0.594. The highest BCUT2D eigenvalue weighted by molar-refractivity contribution is 5.81.